The molecule has 5 N–H and O–H groups in total. The van der Waals surface area contributed by atoms with E-state index in [0.29, 0.717) is 30.7 Å². The molecular formula is C18H22N4O4. The Hall–Kier alpha value is -2.32. The molecule has 138 valence electrons. The maximum absolute atomic E-state index is 11.9. The largest absolute Gasteiger partial charge is 0.504 e. The second-order valence-electron chi connectivity index (χ2n) is 7.87. The van der Waals surface area contributed by atoms with Gasteiger partial charge in [-0.15, -0.1) is 0 Å². The van der Waals surface area contributed by atoms with Crippen LogP contribution in [0.1, 0.15) is 30.4 Å². The van der Waals surface area contributed by atoms with Crippen molar-refractivity contribution in [2.45, 2.75) is 48.8 Å². The molecule has 4 atom stereocenters. The van der Waals surface area contributed by atoms with Crippen LogP contribution in [0.25, 0.3) is 0 Å². The molecule has 1 saturated carbocycles. The summed E-state index contributed by atoms with van der Waals surface area (Å²) in [5.74, 6) is 0.525. The third-order valence-electron chi connectivity index (χ3n) is 6.86. The normalized spacial score (nSPS) is 38.6. The third kappa shape index (κ3) is 1.66. The third-order valence-corrected chi connectivity index (χ3v) is 6.86. The molecule has 1 unspecified atom stereocenters. The Kier molecular flexibility index (Phi) is 2.99. The van der Waals surface area contributed by atoms with Gasteiger partial charge in [0.05, 0.1) is 16.7 Å². The predicted molar refractivity (Wildman–Crippen MR) is 93.3 cm³/mol. The lowest BCUT2D eigenvalue weighted by molar-refractivity contribution is -0.160. The number of aromatic hydroxyl groups is 1. The SMILES string of the molecule is CN1CC[C@]23c4c5ccc(O)c4OC2/C(=N/NC(N)=O)CC[C@@]3(O)[C@H]1C5. The van der Waals surface area contributed by atoms with Crippen molar-refractivity contribution >= 4 is 11.7 Å². The summed E-state index contributed by atoms with van der Waals surface area (Å²) in [7, 11) is 2.05. The number of phenolic OH excluding ortho intramolecular Hbond substituents is 1. The highest BCUT2D eigenvalue weighted by Gasteiger charge is 2.72. The van der Waals surface area contributed by atoms with Gasteiger partial charge >= 0.3 is 6.03 Å². The zero-order chi connectivity index (χ0) is 18.3. The number of aliphatic hydroxyl groups is 1. The van der Waals surface area contributed by atoms with Crippen LogP contribution in [0.3, 0.4) is 0 Å². The molecule has 2 aliphatic carbocycles. The summed E-state index contributed by atoms with van der Waals surface area (Å²) in [6.07, 6.45) is 1.92. The van der Waals surface area contributed by atoms with Crippen LogP contribution in [-0.2, 0) is 11.8 Å². The highest BCUT2D eigenvalue weighted by molar-refractivity contribution is 5.95. The fourth-order valence-corrected chi connectivity index (χ4v) is 5.79. The van der Waals surface area contributed by atoms with Crippen LogP contribution in [0, 0.1) is 0 Å². The number of likely N-dealkylation sites (N-methyl/N-ethyl adjacent to an activating group) is 1. The average molecular weight is 358 g/mol. The van der Waals surface area contributed by atoms with Gasteiger partial charge in [0, 0.05) is 11.6 Å². The zero-order valence-electron chi connectivity index (χ0n) is 14.5. The Morgan fingerprint density at radius 1 is 1.46 bits per heavy atom. The lowest BCUT2D eigenvalue weighted by atomic mass is 9.49. The highest BCUT2D eigenvalue weighted by atomic mass is 16.5. The van der Waals surface area contributed by atoms with Gasteiger partial charge in [-0.1, -0.05) is 6.07 Å². The molecule has 0 radical (unpaired) electrons. The first-order chi connectivity index (χ1) is 12.4. The van der Waals surface area contributed by atoms with Crippen molar-refractivity contribution < 1.29 is 19.7 Å². The molecule has 1 aromatic carbocycles. The first-order valence-electron chi connectivity index (χ1n) is 8.95. The Morgan fingerprint density at radius 3 is 3.04 bits per heavy atom. The van der Waals surface area contributed by atoms with E-state index in [2.05, 4.69) is 15.4 Å². The number of nitrogens with one attached hydrogen (secondary N) is 1. The van der Waals surface area contributed by atoms with Gasteiger partial charge in [-0.2, -0.15) is 5.10 Å². The van der Waals surface area contributed by atoms with Crippen molar-refractivity contribution in [1.82, 2.24) is 10.3 Å². The number of benzene rings is 1. The first kappa shape index (κ1) is 15.9. The van der Waals surface area contributed by atoms with Crippen LogP contribution in [0.4, 0.5) is 4.79 Å². The molecule has 26 heavy (non-hydrogen) atoms. The second kappa shape index (κ2) is 4.89. The van der Waals surface area contributed by atoms with Crippen LogP contribution < -0.4 is 15.9 Å². The van der Waals surface area contributed by atoms with E-state index < -0.39 is 23.2 Å². The molecule has 2 amide bonds. The number of nitrogens with two attached hydrogens (primary N) is 1. The lowest BCUT2D eigenvalue weighted by Gasteiger charge is -2.62. The van der Waals surface area contributed by atoms with Gasteiger partial charge in [-0.25, -0.2) is 10.2 Å². The van der Waals surface area contributed by atoms with E-state index in [9.17, 15) is 15.0 Å². The first-order valence-corrected chi connectivity index (χ1v) is 8.95. The van der Waals surface area contributed by atoms with Crippen molar-refractivity contribution in [2.24, 2.45) is 10.8 Å². The van der Waals surface area contributed by atoms with E-state index in [4.69, 9.17) is 10.5 Å². The smallest absolute Gasteiger partial charge is 0.332 e. The van der Waals surface area contributed by atoms with E-state index in [0.717, 1.165) is 24.1 Å². The van der Waals surface area contributed by atoms with Gasteiger partial charge in [-0.3, -0.25) is 0 Å². The summed E-state index contributed by atoms with van der Waals surface area (Å²) in [5, 5.41) is 26.5. The number of phenols is 1. The molecule has 2 fully saturated rings. The fourth-order valence-electron chi connectivity index (χ4n) is 5.79. The summed E-state index contributed by atoms with van der Waals surface area (Å²) >= 11 is 0. The number of likely N-dealkylation sites (tertiary alicyclic amines) is 1. The second-order valence-corrected chi connectivity index (χ2v) is 7.87. The average Bonchev–Trinajstić information content (AvgIpc) is 2.95. The molecule has 1 spiro atoms. The van der Waals surface area contributed by atoms with Crippen molar-refractivity contribution in [3.8, 4) is 11.5 Å². The number of carbonyl (C=O) groups is 1. The Morgan fingerprint density at radius 2 is 2.27 bits per heavy atom. The van der Waals surface area contributed by atoms with Gasteiger partial charge in [-0.05, 0) is 50.9 Å². The molecule has 5 rings (SSSR count). The highest BCUT2D eigenvalue weighted by Crippen LogP contribution is 2.64. The number of nitrogens with zero attached hydrogens (tertiary/aromatic N) is 2. The Bertz CT molecular complexity index is 856. The van der Waals surface area contributed by atoms with E-state index in [-0.39, 0.29) is 11.8 Å². The molecule has 1 saturated heterocycles. The standard InChI is InChI=1S/C18H22N4O4/c1-22-7-6-17-13-9-2-3-11(23)14(13)26-15(17)10(20-21-16(19)24)4-5-18(17,25)12(22)8-9/h2-3,12,15,23,25H,4-8H2,1H3,(H3,19,21,24)/b20-10+/t12-,15?,17+,18-/m1/s1. The number of amides is 2. The van der Waals surface area contributed by atoms with E-state index in [1.54, 1.807) is 6.07 Å². The van der Waals surface area contributed by atoms with Crippen LogP contribution >= 0.6 is 0 Å². The van der Waals surface area contributed by atoms with Crippen molar-refractivity contribution in [1.29, 1.82) is 0 Å². The van der Waals surface area contributed by atoms with Crippen LogP contribution in [-0.4, -0.2) is 58.2 Å². The van der Waals surface area contributed by atoms with Gasteiger partial charge in [0.2, 0.25) is 0 Å². The topological polar surface area (TPSA) is 120 Å². The predicted octanol–water partition coefficient (Wildman–Crippen LogP) is 0.200. The molecule has 1 aromatic rings. The molecular weight excluding hydrogens is 336 g/mol. The molecule has 2 aliphatic heterocycles. The quantitative estimate of drug-likeness (QED) is 0.535. The number of hydrogen-bond acceptors (Lipinski definition) is 6. The van der Waals surface area contributed by atoms with E-state index >= 15 is 0 Å². The summed E-state index contributed by atoms with van der Waals surface area (Å²) in [6.45, 7) is 0.817. The van der Waals surface area contributed by atoms with Crippen LogP contribution in [0.15, 0.2) is 17.2 Å². The van der Waals surface area contributed by atoms with Crippen LogP contribution in [0.2, 0.25) is 0 Å². The van der Waals surface area contributed by atoms with E-state index in [1.165, 1.54) is 0 Å². The molecule has 8 nitrogen and oxygen atoms in total. The number of rotatable bonds is 1. The van der Waals surface area contributed by atoms with Crippen molar-refractivity contribution in [3.63, 3.8) is 0 Å². The monoisotopic (exact) mass is 358 g/mol. The molecule has 4 aliphatic rings. The summed E-state index contributed by atoms with van der Waals surface area (Å²) in [6, 6.07) is 2.83. The number of primary amides is 1. The van der Waals surface area contributed by atoms with Crippen LogP contribution in [0.5, 0.6) is 11.5 Å². The van der Waals surface area contributed by atoms with Gasteiger partial charge in [0.15, 0.2) is 17.6 Å². The van der Waals surface area contributed by atoms with Gasteiger partial charge in [0.1, 0.15) is 0 Å². The maximum atomic E-state index is 11.9. The molecule has 2 heterocycles. The minimum atomic E-state index is -0.970. The van der Waals surface area contributed by atoms with Crippen molar-refractivity contribution in [3.05, 3.63) is 23.3 Å². The van der Waals surface area contributed by atoms with Gasteiger partial charge in [0.25, 0.3) is 0 Å². The fraction of sp³-hybridized carbons (Fsp3) is 0.556. The summed E-state index contributed by atoms with van der Waals surface area (Å²) in [4.78, 5) is 13.3. The van der Waals surface area contributed by atoms with Crippen molar-refractivity contribution in [2.75, 3.05) is 13.6 Å². The number of hydrogen-bond donors (Lipinski definition) is 4. The number of piperidine rings is 1. The Balaban J connectivity index is 1.75. The summed E-state index contributed by atoms with van der Waals surface area (Å²) in [5.41, 5.74) is 8.51. The minimum absolute atomic E-state index is 0.0176. The molecule has 8 heteroatoms. The number of carbonyl (C=O) groups excluding carboxylic acids is 1. The maximum Gasteiger partial charge on any atom is 0.332 e. The van der Waals surface area contributed by atoms with E-state index in [1.807, 2.05) is 13.1 Å². The summed E-state index contributed by atoms with van der Waals surface area (Å²) < 4.78 is 6.20. The minimum Gasteiger partial charge on any atom is -0.504 e. The number of hydrazone groups is 1. The van der Waals surface area contributed by atoms with Gasteiger partial charge < -0.3 is 25.6 Å². The number of urea groups is 1. The Labute approximate surface area is 150 Å². The zero-order valence-corrected chi connectivity index (χ0v) is 14.5. The lowest BCUT2D eigenvalue weighted by Crippen LogP contribution is -2.76. The number of ether oxygens (including phenoxy) is 1. The molecule has 2 bridgehead atoms. The molecule has 0 aromatic heterocycles.